The van der Waals surface area contributed by atoms with Crippen LogP contribution in [0.1, 0.15) is 39.3 Å². The number of nitrogens with one attached hydrogen (secondary N) is 1. The minimum Gasteiger partial charge on any atom is -0.338 e. The maximum atomic E-state index is 11.6. The van der Waals surface area contributed by atoms with Gasteiger partial charge in [-0.25, -0.2) is 0 Å². The normalized spacial score (nSPS) is 11.9. The summed E-state index contributed by atoms with van der Waals surface area (Å²) in [6, 6.07) is 1.75. The monoisotopic (exact) mass is 271 g/mol. The average Bonchev–Trinajstić information content (AvgIpc) is 2.64. The van der Waals surface area contributed by atoms with Gasteiger partial charge in [0.25, 0.3) is 0 Å². The number of nitrogens with two attached hydrogens (primary N) is 1. The van der Waals surface area contributed by atoms with Gasteiger partial charge in [0.2, 0.25) is 11.8 Å². The fourth-order valence-electron chi connectivity index (χ4n) is 1.20. The van der Waals surface area contributed by atoms with Crippen LogP contribution in [0.2, 0.25) is 0 Å². The number of hydrogen-bond donors (Lipinski definition) is 2. The summed E-state index contributed by atoms with van der Waals surface area (Å²) < 4.78 is 5.03. The first-order valence-corrected chi connectivity index (χ1v) is 7.06. The minimum absolute atomic E-state index is 0.101. The van der Waals surface area contributed by atoms with Crippen molar-refractivity contribution in [3.63, 3.8) is 0 Å². The maximum absolute atomic E-state index is 11.6. The zero-order chi connectivity index (χ0) is 13.8. The summed E-state index contributed by atoms with van der Waals surface area (Å²) in [5.74, 6) is 1.67. The van der Waals surface area contributed by atoms with Gasteiger partial charge in [-0.15, -0.1) is 0 Å². The van der Waals surface area contributed by atoms with Crippen molar-refractivity contribution in [2.75, 3.05) is 16.8 Å². The fraction of sp³-hybridized carbons (Fsp3) is 0.667. The Balaban J connectivity index is 2.35. The van der Waals surface area contributed by atoms with Gasteiger partial charge in [-0.1, -0.05) is 19.0 Å². The molecule has 1 heterocycles. The molecule has 1 aromatic heterocycles. The van der Waals surface area contributed by atoms with Gasteiger partial charge in [0.1, 0.15) is 0 Å². The summed E-state index contributed by atoms with van der Waals surface area (Å²) in [4.78, 5) is 11.6. The Labute approximate surface area is 112 Å². The van der Waals surface area contributed by atoms with E-state index in [4.69, 9.17) is 10.3 Å². The Morgan fingerprint density at radius 1 is 1.61 bits per heavy atom. The van der Waals surface area contributed by atoms with Gasteiger partial charge >= 0.3 is 0 Å². The fourth-order valence-corrected chi connectivity index (χ4v) is 2.09. The van der Waals surface area contributed by atoms with Crippen molar-refractivity contribution in [1.29, 1.82) is 0 Å². The molecule has 18 heavy (non-hydrogen) atoms. The lowest BCUT2D eigenvalue weighted by Gasteiger charge is -2.16. The van der Waals surface area contributed by atoms with Gasteiger partial charge in [-0.2, -0.15) is 11.8 Å². The molecule has 5 nitrogen and oxygen atoms in total. The molecule has 0 aliphatic carbocycles. The molecule has 3 N–H and O–H groups in total. The molecule has 1 amide bonds. The highest BCUT2D eigenvalue weighted by atomic mass is 32.2. The zero-order valence-corrected chi connectivity index (χ0v) is 12.1. The molecule has 1 aromatic rings. The largest absolute Gasteiger partial charge is 0.338 e. The maximum Gasteiger partial charge on any atom is 0.236 e. The van der Waals surface area contributed by atoms with E-state index >= 15 is 0 Å². The SMILES string of the molecule is CC(C)c1cc(NC(=O)CSCC(C)(C)N)on1. The molecule has 0 bridgehead atoms. The number of nitrogens with zero attached hydrogens (tertiary/aromatic N) is 1. The Morgan fingerprint density at radius 3 is 2.78 bits per heavy atom. The van der Waals surface area contributed by atoms with Gasteiger partial charge < -0.3 is 10.3 Å². The van der Waals surface area contributed by atoms with E-state index in [1.807, 2.05) is 27.7 Å². The summed E-state index contributed by atoms with van der Waals surface area (Å²) in [5, 5.41) is 6.55. The lowest BCUT2D eigenvalue weighted by Crippen LogP contribution is -2.35. The van der Waals surface area contributed by atoms with E-state index in [0.717, 1.165) is 11.4 Å². The topological polar surface area (TPSA) is 81.2 Å². The first-order chi connectivity index (χ1) is 8.28. The highest BCUT2D eigenvalue weighted by Crippen LogP contribution is 2.18. The van der Waals surface area contributed by atoms with Crippen molar-refractivity contribution in [3.05, 3.63) is 11.8 Å². The number of hydrogen-bond acceptors (Lipinski definition) is 5. The zero-order valence-electron chi connectivity index (χ0n) is 11.3. The predicted molar refractivity (Wildman–Crippen MR) is 74.8 cm³/mol. The molecule has 0 saturated heterocycles. The molecule has 0 fully saturated rings. The summed E-state index contributed by atoms with van der Waals surface area (Å²) in [5.41, 5.74) is 6.40. The van der Waals surface area contributed by atoms with Crippen LogP contribution in [-0.4, -0.2) is 28.1 Å². The molecular weight excluding hydrogens is 250 g/mol. The van der Waals surface area contributed by atoms with Gasteiger partial charge in [-0.05, 0) is 19.8 Å². The molecule has 102 valence electrons. The Kier molecular flexibility index (Phi) is 5.22. The standard InChI is InChI=1S/C12H21N3O2S/c1-8(2)9-5-11(17-15-9)14-10(16)6-18-7-12(3,4)13/h5,8H,6-7,13H2,1-4H3,(H,14,16). The van der Waals surface area contributed by atoms with Crippen molar-refractivity contribution in [2.45, 2.75) is 39.2 Å². The minimum atomic E-state index is -0.262. The third-order valence-electron chi connectivity index (χ3n) is 2.09. The van der Waals surface area contributed by atoms with Crippen molar-refractivity contribution in [3.8, 4) is 0 Å². The number of thioether (sulfide) groups is 1. The molecule has 0 aromatic carbocycles. The van der Waals surface area contributed by atoms with Crippen LogP contribution in [-0.2, 0) is 4.79 Å². The predicted octanol–water partition coefficient (Wildman–Crippen LogP) is 2.21. The van der Waals surface area contributed by atoms with Crippen molar-refractivity contribution in [1.82, 2.24) is 5.16 Å². The molecule has 0 radical (unpaired) electrons. The molecule has 0 atom stereocenters. The van der Waals surface area contributed by atoms with E-state index in [9.17, 15) is 4.79 Å². The van der Waals surface area contributed by atoms with Crippen LogP contribution in [0.4, 0.5) is 5.88 Å². The highest BCUT2D eigenvalue weighted by Gasteiger charge is 2.13. The molecule has 0 aliphatic heterocycles. The number of anilines is 1. The smallest absolute Gasteiger partial charge is 0.236 e. The molecular formula is C12H21N3O2S. The van der Waals surface area contributed by atoms with E-state index in [2.05, 4.69) is 10.5 Å². The first-order valence-electron chi connectivity index (χ1n) is 5.91. The van der Waals surface area contributed by atoms with Crippen LogP contribution in [0.3, 0.4) is 0 Å². The molecule has 0 unspecified atom stereocenters. The van der Waals surface area contributed by atoms with Crippen LogP contribution in [0, 0.1) is 0 Å². The number of carbonyl (C=O) groups is 1. The van der Waals surface area contributed by atoms with Gasteiger partial charge in [-0.3, -0.25) is 10.1 Å². The number of carbonyl (C=O) groups excluding carboxylic acids is 1. The van der Waals surface area contributed by atoms with Crippen LogP contribution < -0.4 is 11.1 Å². The van der Waals surface area contributed by atoms with E-state index in [0.29, 0.717) is 11.6 Å². The first kappa shape index (κ1) is 15.0. The second kappa shape index (κ2) is 6.24. The third-order valence-corrected chi connectivity index (χ3v) is 3.50. The van der Waals surface area contributed by atoms with Gasteiger partial charge in [0.05, 0.1) is 11.4 Å². The lowest BCUT2D eigenvalue weighted by molar-refractivity contribution is -0.113. The molecule has 1 rings (SSSR count). The second-order valence-corrected chi connectivity index (χ2v) is 6.29. The Hall–Kier alpha value is -1.01. The van der Waals surface area contributed by atoms with Crippen LogP contribution in [0.15, 0.2) is 10.6 Å². The highest BCUT2D eigenvalue weighted by molar-refractivity contribution is 8.00. The van der Waals surface area contributed by atoms with Crippen molar-refractivity contribution < 1.29 is 9.32 Å². The number of amides is 1. The molecule has 0 spiro atoms. The van der Waals surface area contributed by atoms with Crippen molar-refractivity contribution >= 4 is 23.6 Å². The molecule has 0 saturated carbocycles. The van der Waals surface area contributed by atoms with Crippen LogP contribution >= 0.6 is 11.8 Å². The lowest BCUT2D eigenvalue weighted by atomic mass is 10.1. The van der Waals surface area contributed by atoms with Gasteiger partial charge in [0.15, 0.2) is 0 Å². The van der Waals surface area contributed by atoms with Crippen LogP contribution in [0.5, 0.6) is 0 Å². The number of rotatable bonds is 6. The van der Waals surface area contributed by atoms with E-state index < -0.39 is 0 Å². The summed E-state index contributed by atoms with van der Waals surface area (Å²) >= 11 is 1.50. The summed E-state index contributed by atoms with van der Waals surface area (Å²) in [7, 11) is 0. The quantitative estimate of drug-likeness (QED) is 0.829. The third kappa shape index (κ3) is 5.55. The molecule has 0 aliphatic rings. The van der Waals surface area contributed by atoms with E-state index in [1.165, 1.54) is 11.8 Å². The van der Waals surface area contributed by atoms with Gasteiger partial charge in [0, 0.05) is 17.4 Å². The number of aromatic nitrogens is 1. The van der Waals surface area contributed by atoms with E-state index in [1.54, 1.807) is 6.07 Å². The Morgan fingerprint density at radius 2 is 2.28 bits per heavy atom. The summed E-state index contributed by atoms with van der Waals surface area (Å²) in [6.07, 6.45) is 0. The molecule has 6 heteroatoms. The van der Waals surface area contributed by atoms with Crippen LogP contribution in [0.25, 0.3) is 0 Å². The second-order valence-electron chi connectivity index (χ2n) is 5.30. The Bertz CT molecular complexity index is 396. The van der Waals surface area contributed by atoms with Crippen molar-refractivity contribution in [2.24, 2.45) is 5.73 Å². The summed E-state index contributed by atoms with van der Waals surface area (Å²) in [6.45, 7) is 7.90. The average molecular weight is 271 g/mol. The van der Waals surface area contributed by atoms with E-state index in [-0.39, 0.29) is 17.4 Å².